The highest BCUT2D eigenvalue weighted by molar-refractivity contribution is 7.20. The number of hydrogen-bond donors (Lipinski definition) is 0. The largest absolute Gasteiger partial charge is 0.340 e. The minimum absolute atomic E-state index is 0.131. The lowest BCUT2D eigenvalue weighted by molar-refractivity contribution is 0.786. The Bertz CT molecular complexity index is 900. The summed E-state index contributed by atoms with van der Waals surface area (Å²) in [5.74, 6) is 0. The van der Waals surface area contributed by atoms with E-state index >= 15 is 0 Å². The first-order valence-electron chi connectivity index (χ1n) is 7.66. The molecular formula is C17H16N4OS. The van der Waals surface area contributed by atoms with Crippen molar-refractivity contribution in [1.29, 1.82) is 0 Å². The van der Waals surface area contributed by atoms with Gasteiger partial charge in [0.15, 0.2) is 0 Å². The second kappa shape index (κ2) is 5.96. The van der Waals surface area contributed by atoms with Gasteiger partial charge in [0.2, 0.25) is 10.1 Å². The average Bonchev–Trinajstić information content (AvgIpc) is 3.21. The maximum atomic E-state index is 11.8. The third kappa shape index (κ3) is 2.77. The first-order chi connectivity index (χ1) is 11.3. The standard InChI is InChI=1S/C17H16N4OS/c22-15-10-11-18-16-21(15)19-17(23-16)20-12-4-7-14(20)9-8-13-5-2-1-3-6-13/h1-3,5-6,8-11,14H,4,7,12H2. The molecule has 0 radical (unpaired) electrons. The van der Waals surface area contributed by atoms with Crippen molar-refractivity contribution in [3.8, 4) is 0 Å². The first kappa shape index (κ1) is 14.1. The molecule has 116 valence electrons. The molecule has 23 heavy (non-hydrogen) atoms. The smallest absolute Gasteiger partial charge is 0.275 e. The molecule has 0 N–H and O–H groups in total. The van der Waals surface area contributed by atoms with Crippen molar-refractivity contribution in [3.63, 3.8) is 0 Å². The minimum Gasteiger partial charge on any atom is -0.340 e. The van der Waals surface area contributed by atoms with Crippen molar-refractivity contribution in [1.82, 2.24) is 14.6 Å². The Balaban J connectivity index is 1.63. The van der Waals surface area contributed by atoms with Crippen LogP contribution in [0.25, 0.3) is 11.0 Å². The summed E-state index contributed by atoms with van der Waals surface area (Å²) in [6.07, 6.45) is 8.14. The summed E-state index contributed by atoms with van der Waals surface area (Å²) in [5.41, 5.74) is 1.06. The number of benzene rings is 1. The highest BCUT2D eigenvalue weighted by Gasteiger charge is 2.25. The van der Waals surface area contributed by atoms with Crippen LogP contribution in [0.5, 0.6) is 0 Å². The lowest BCUT2D eigenvalue weighted by Gasteiger charge is -2.20. The van der Waals surface area contributed by atoms with Crippen LogP contribution in [0.1, 0.15) is 18.4 Å². The van der Waals surface area contributed by atoms with Gasteiger partial charge in [-0.25, -0.2) is 4.98 Å². The van der Waals surface area contributed by atoms with Gasteiger partial charge in [0.05, 0.1) is 0 Å². The normalized spacial score (nSPS) is 18.3. The minimum atomic E-state index is -0.131. The summed E-state index contributed by atoms with van der Waals surface area (Å²) in [6, 6.07) is 12.0. The Morgan fingerprint density at radius 2 is 2.09 bits per heavy atom. The lowest BCUT2D eigenvalue weighted by atomic mass is 10.1. The van der Waals surface area contributed by atoms with Gasteiger partial charge in [-0.1, -0.05) is 53.8 Å². The topological polar surface area (TPSA) is 50.5 Å². The molecule has 6 heteroatoms. The third-order valence-corrected chi connectivity index (χ3v) is 4.98. The zero-order valence-electron chi connectivity index (χ0n) is 12.5. The van der Waals surface area contributed by atoms with Crippen molar-refractivity contribution in [3.05, 3.63) is 64.6 Å². The van der Waals surface area contributed by atoms with Crippen molar-refractivity contribution in [2.45, 2.75) is 18.9 Å². The summed E-state index contributed by atoms with van der Waals surface area (Å²) >= 11 is 1.47. The molecule has 1 fully saturated rings. The molecule has 1 aromatic carbocycles. The molecule has 0 saturated carbocycles. The van der Waals surface area contributed by atoms with E-state index in [2.05, 4.69) is 39.3 Å². The quantitative estimate of drug-likeness (QED) is 0.743. The number of rotatable bonds is 3. The zero-order valence-corrected chi connectivity index (χ0v) is 13.3. The van der Waals surface area contributed by atoms with Gasteiger partial charge in [0.1, 0.15) is 0 Å². The van der Waals surface area contributed by atoms with E-state index in [1.165, 1.54) is 33.7 Å². The predicted octanol–water partition coefficient (Wildman–Crippen LogP) is 2.83. The Morgan fingerprint density at radius 3 is 2.91 bits per heavy atom. The van der Waals surface area contributed by atoms with Crippen LogP contribution in [0.4, 0.5) is 5.13 Å². The second-order valence-corrected chi connectivity index (χ2v) is 6.47. The molecule has 2 aromatic heterocycles. The molecule has 4 rings (SSSR count). The Morgan fingerprint density at radius 1 is 1.22 bits per heavy atom. The summed E-state index contributed by atoms with van der Waals surface area (Å²) in [7, 11) is 0. The van der Waals surface area contributed by atoms with Gasteiger partial charge in [0.25, 0.3) is 5.56 Å². The molecular weight excluding hydrogens is 308 g/mol. The van der Waals surface area contributed by atoms with Gasteiger partial charge in [-0.3, -0.25) is 4.79 Å². The molecule has 0 aliphatic carbocycles. The van der Waals surface area contributed by atoms with Crippen LogP contribution in [-0.2, 0) is 0 Å². The van der Waals surface area contributed by atoms with Gasteiger partial charge < -0.3 is 4.90 Å². The van der Waals surface area contributed by atoms with E-state index in [1.54, 1.807) is 0 Å². The molecule has 0 spiro atoms. The van der Waals surface area contributed by atoms with E-state index in [0.29, 0.717) is 11.0 Å². The number of anilines is 1. The molecule has 0 bridgehead atoms. The fourth-order valence-electron chi connectivity index (χ4n) is 2.87. The number of aromatic nitrogens is 3. The summed E-state index contributed by atoms with van der Waals surface area (Å²) in [5, 5.41) is 5.31. The van der Waals surface area contributed by atoms with Gasteiger partial charge >= 0.3 is 0 Å². The van der Waals surface area contributed by atoms with Crippen molar-refractivity contribution in [2.24, 2.45) is 0 Å². The Hall–Kier alpha value is -2.47. The van der Waals surface area contributed by atoms with Crippen molar-refractivity contribution < 1.29 is 0 Å². The first-order valence-corrected chi connectivity index (χ1v) is 8.48. The molecule has 1 aliphatic rings. The zero-order chi connectivity index (χ0) is 15.6. The second-order valence-electron chi connectivity index (χ2n) is 5.53. The summed E-state index contributed by atoms with van der Waals surface area (Å²) in [4.78, 5) is 19.0. The van der Waals surface area contributed by atoms with Crippen LogP contribution >= 0.6 is 11.3 Å². The number of fused-ring (bicyclic) bond motifs is 1. The predicted molar refractivity (Wildman–Crippen MR) is 93.0 cm³/mol. The third-order valence-electron chi connectivity index (χ3n) is 4.02. The van der Waals surface area contributed by atoms with Crippen LogP contribution in [0.2, 0.25) is 0 Å². The molecule has 1 unspecified atom stereocenters. The van der Waals surface area contributed by atoms with Crippen molar-refractivity contribution in [2.75, 3.05) is 11.4 Å². The van der Waals surface area contributed by atoms with E-state index in [0.717, 1.165) is 24.5 Å². The van der Waals surface area contributed by atoms with E-state index in [9.17, 15) is 4.79 Å². The molecule has 1 atom stereocenters. The van der Waals surface area contributed by atoms with E-state index in [-0.39, 0.29) is 5.56 Å². The van der Waals surface area contributed by atoms with Gasteiger partial charge in [-0.15, -0.1) is 5.10 Å². The molecule has 5 nitrogen and oxygen atoms in total. The molecule has 1 saturated heterocycles. The molecule has 1 aliphatic heterocycles. The summed E-state index contributed by atoms with van der Waals surface area (Å²) in [6.45, 7) is 0.957. The molecule has 3 heterocycles. The van der Waals surface area contributed by atoms with Gasteiger partial charge in [0, 0.05) is 24.8 Å². The van der Waals surface area contributed by atoms with E-state index < -0.39 is 0 Å². The average molecular weight is 324 g/mol. The van der Waals surface area contributed by atoms with Crippen LogP contribution in [0, 0.1) is 0 Å². The monoisotopic (exact) mass is 324 g/mol. The van der Waals surface area contributed by atoms with E-state index in [1.807, 2.05) is 18.2 Å². The Kier molecular flexibility index (Phi) is 3.67. The highest BCUT2D eigenvalue weighted by atomic mass is 32.1. The van der Waals surface area contributed by atoms with Crippen LogP contribution in [-0.4, -0.2) is 27.2 Å². The van der Waals surface area contributed by atoms with Crippen LogP contribution < -0.4 is 10.5 Å². The van der Waals surface area contributed by atoms with Crippen LogP contribution in [0.15, 0.2) is 53.5 Å². The van der Waals surface area contributed by atoms with Gasteiger partial charge in [-0.2, -0.15) is 4.52 Å². The molecule has 3 aromatic rings. The maximum Gasteiger partial charge on any atom is 0.275 e. The fraction of sp³-hybridized carbons (Fsp3) is 0.235. The van der Waals surface area contributed by atoms with Crippen LogP contribution in [0.3, 0.4) is 0 Å². The number of hydrogen-bond acceptors (Lipinski definition) is 5. The number of nitrogens with zero attached hydrogens (tertiary/aromatic N) is 4. The highest BCUT2D eigenvalue weighted by Crippen LogP contribution is 2.29. The fourth-order valence-corrected chi connectivity index (χ4v) is 3.83. The Labute approximate surface area is 137 Å². The summed E-state index contributed by atoms with van der Waals surface area (Å²) < 4.78 is 1.39. The maximum absolute atomic E-state index is 11.8. The van der Waals surface area contributed by atoms with Crippen molar-refractivity contribution >= 4 is 27.5 Å². The van der Waals surface area contributed by atoms with E-state index in [4.69, 9.17) is 0 Å². The lowest BCUT2D eigenvalue weighted by Crippen LogP contribution is -2.27. The SMILES string of the molecule is O=c1ccnc2sc(N3CCCC3C=Cc3ccccc3)nn12. The van der Waals surface area contributed by atoms with Gasteiger partial charge in [-0.05, 0) is 18.4 Å². The molecule has 0 amide bonds.